The van der Waals surface area contributed by atoms with Gasteiger partial charge in [-0.2, -0.15) is 0 Å². The highest BCUT2D eigenvalue weighted by Crippen LogP contribution is 2.28. The lowest BCUT2D eigenvalue weighted by molar-refractivity contribution is -0.142. The van der Waals surface area contributed by atoms with Gasteiger partial charge in [0.25, 0.3) is 5.91 Å². The zero-order valence-electron chi connectivity index (χ0n) is 18.3. The third-order valence-corrected chi connectivity index (χ3v) is 6.84. The van der Waals surface area contributed by atoms with Crippen molar-refractivity contribution in [1.29, 1.82) is 0 Å². The number of hydrogen-bond acceptors (Lipinski definition) is 3. The van der Waals surface area contributed by atoms with Crippen molar-refractivity contribution in [3.8, 4) is 5.75 Å². The lowest BCUT2D eigenvalue weighted by atomic mass is 9.95. The summed E-state index contributed by atoms with van der Waals surface area (Å²) in [5.74, 6) is -0.249. The summed E-state index contributed by atoms with van der Waals surface area (Å²) < 4.78 is 5.63. The zero-order valence-corrected chi connectivity index (χ0v) is 21.3. The maximum absolute atomic E-state index is 13.2. The van der Waals surface area contributed by atoms with Crippen LogP contribution in [0, 0.1) is 0 Å². The van der Waals surface area contributed by atoms with Crippen LogP contribution in [0.1, 0.15) is 44.6 Å². The van der Waals surface area contributed by atoms with E-state index >= 15 is 0 Å². The summed E-state index contributed by atoms with van der Waals surface area (Å²) >= 11 is 24.4. The third-order valence-electron chi connectivity index (χ3n) is 5.72. The van der Waals surface area contributed by atoms with Crippen LogP contribution < -0.4 is 10.1 Å². The number of nitrogens with zero attached hydrogens (tertiary/aromatic N) is 1. The fourth-order valence-corrected chi connectivity index (χ4v) is 4.73. The summed E-state index contributed by atoms with van der Waals surface area (Å²) in [4.78, 5) is 27.7. The first-order valence-corrected chi connectivity index (χ1v) is 12.4. The maximum atomic E-state index is 13.2. The van der Waals surface area contributed by atoms with E-state index in [4.69, 9.17) is 51.1 Å². The van der Waals surface area contributed by atoms with Gasteiger partial charge in [0.2, 0.25) is 5.91 Å². The number of carbonyl (C=O) groups excluding carboxylic acids is 2. The largest absolute Gasteiger partial charge is 0.482 e. The van der Waals surface area contributed by atoms with E-state index in [2.05, 4.69) is 5.32 Å². The number of rotatable bonds is 8. The van der Waals surface area contributed by atoms with E-state index in [1.807, 2.05) is 0 Å². The normalized spacial score (nSPS) is 15.1. The first kappa shape index (κ1) is 26.0. The molecule has 2 aromatic rings. The van der Waals surface area contributed by atoms with E-state index in [1.165, 1.54) is 17.4 Å². The number of carbonyl (C=O) groups is 2. The monoisotopic (exact) mass is 530 g/mol. The molecule has 2 amide bonds. The second-order valence-corrected chi connectivity index (χ2v) is 9.83. The third kappa shape index (κ3) is 7.41. The first-order valence-electron chi connectivity index (χ1n) is 10.9. The van der Waals surface area contributed by atoms with Crippen LogP contribution >= 0.6 is 46.4 Å². The first-order chi connectivity index (χ1) is 15.7. The highest BCUT2D eigenvalue weighted by molar-refractivity contribution is 6.35. The number of amides is 2. The van der Waals surface area contributed by atoms with Crippen molar-refractivity contribution < 1.29 is 14.3 Å². The van der Waals surface area contributed by atoms with E-state index < -0.39 is 6.04 Å². The molecule has 1 N–H and O–H groups in total. The highest BCUT2D eigenvalue weighted by atomic mass is 35.5. The minimum atomic E-state index is -0.726. The predicted octanol–water partition coefficient (Wildman–Crippen LogP) is 6.55. The molecule has 1 aliphatic carbocycles. The van der Waals surface area contributed by atoms with Gasteiger partial charge in [0.05, 0.1) is 5.02 Å². The molecule has 178 valence electrons. The summed E-state index contributed by atoms with van der Waals surface area (Å²) in [6.45, 7) is 1.54. The Kier molecular flexibility index (Phi) is 9.57. The van der Waals surface area contributed by atoms with Crippen molar-refractivity contribution in [3.05, 3.63) is 62.1 Å². The molecule has 5 nitrogen and oxygen atoms in total. The van der Waals surface area contributed by atoms with Gasteiger partial charge in [0, 0.05) is 27.7 Å². The van der Waals surface area contributed by atoms with Crippen molar-refractivity contribution in [1.82, 2.24) is 10.2 Å². The Morgan fingerprint density at radius 1 is 1.00 bits per heavy atom. The molecule has 9 heteroatoms. The molecule has 33 heavy (non-hydrogen) atoms. The molecule has 1 saturated carbocycles. The van der Waals surface area contributed by atoms with Crippen LogP contribution in [0.25, 0.3) is 0 Å². The van der Waals surface area contributed by atoms with E-state index in [-0.39, 0.29) is 31.0 Å². The standard InChI is InChI=1S/C24H26Cl4N2O3/c1-15(24(32)29-19-5-3-2-4-6-19)30(13-16-7-8-17(25)11-20(16)27)23(31)14-33-22-10-9-18(26)12-21(22)28/h7-12,15,19H,2-6,13-14H2,1H3,(H,29,32)/t15-/m1/s1. The quantitative estimate of drug-likeness (QED) is 0.420. The van der Waals surface area contributed by atoms with Crippen molar-refractivity contribution >= 4 is 58.2 Å². The second kappa shape index (κ2) is 12.2. The molecule has 1 atom stereocenters. The van der Waals surface area contributed by atoms with Gasteiger partial charge < -0.3 is 15.0 Å². The van der Waals surface area contributed by atoms with Gasteiger partial charge in [-0.3, -0.25) is 9.59 Å². The van der Waals surface area contributed by atoms with E-state index in [9.17, 15) is 9.59 Å². The molecule has 1 fully saturated rings. The van der Waals surface area contributed by atoms with Gasteiger partial charge in [0.15, 0.2) is 6.61 Å². The van der Waals surface area contributed by atoms with Crippen LogP contribution in [0.4, 0.5) is 0 Å². The summed E-state index contributed by atoms with van der Waals surface area (Å²) in [7, 11) is 0. The van der Waals surface area contributed by atoms with Crippen LogP contribution in [-0.4, -0.2) is 35.4 Å². The molecule has 0 aromatic heterocycles. The molecule has 2 aromatic carbocycles. The molecule has 1 aliphatic rings. The molecule has 0 radical (unpaired) electrons. The summed E-state index contributed by atoms with van der Waals surface area (Å²) in [6.07, 6.45) is 5.28. The number of nitrogens with one attached hydrogen (secondary N) is 1. The lowest BCUT2D eigenvalue weighted by Gasteiger charge is -2.31. The average Bonchev–Trinajstić information content (AvgIpc) is 2.78. The molecule has 0 heterocycles. The molecule has 0 unspecified atom stereocenters. The maximum Gasteiger partial charge on any atom is 0.261 e. The van der Waals surface area contributed by atoms with Gasteiger partial charge in [-0.05, 0) is 55.7 Å². The molecular weight excluding hydrogens is 506 g/mol. The van der Waals surface area contributed by atoms with E-state index in [1.54, 1.807) is 37.3 Å². The second-order valence-electron chi connectivity index (χ2n) is 8.14. The van der Waals surface area contributed by atoms with Crippen molar-refractivity contribution in [2.45, 2.75) is 57.7 Å². The summed E-state index contributed by atoms with van der Waals surface area (Å²) in [5, 5.41) is 4.76. The van der Waals surface area contributed by atoms with Gasteiger partial charge in [-0.25, -0.2) is 0 Å². The molecule has 0 saturated heterocycles. The zero-order chi connectivity index (χ0) is 24.0. The van der Waals surface area contributed by atoms with Gasteiger partial charge in [-0.15, -0.1) is 0 Å². The lowest BCUT2D eigenvalue weighted by Crippen LogP contribution is -2.51. The van der Waals surface area contributed by atoms with Crippen LogP contribution in [0.5, 0.6) is 5.75 Å². The van der Waals surface area contributed by atoms with Crippen LogP contribution in [-0.2, 0) is 16.1 Å². The summed E-state index contributed by atoms with van der Waals surface area (Å²) in [5.41, 5.74) is 0.677. The van der Waals surface area contributed by atoms with Crippen molar-refractivity contribution in [2.24, 2.45) is 0 Å². The van der Waals surface area contributed by atoms with Crippen LogP contribution in [0.2, 0.25) is 20.1 Å². The molecule has 0 aliphatic heterocycles. The summed E-state index contributed by atoms with van der Waals surface area (Å²) in [6, 6.07) is 9.21. The SMILES string of the molecule is C[C@H](C(=O)NC1CCCCC1)N(Cc1ccc(Cl)cc1Cl)C(=O)COc1ccc(Cl)cc1Cl. The van der Waals surface area contributed by atoms with Gasteiger partial charge in [0.1, 0.15) is 11.8 Å². The van der Waals surface area contributed by atoms with Gasteiger partial charge >= 0.3 is 0 Å². The van der Waals surface area contributed by atoms with Gasteiger partial charge in [-0.1, -0.05) is 71.7 Å². The van der Waals surface area contributed by atoms with Crippen LogP contribution in [0.15, 0.2) is 36.4 Å². The fraction of sp³-hybridized carbons (Fsp3) is 0.417. The smallest absolute Gasteiger partial charge is 0.261 e. The number of halogens is 4. The van der Waals surface area contributed by atoms with E-state index in [0.717, 1.165) is 25.7 Å². The molecule has 0 bridgehead atoms. The van der Waals surface area contributed by atoms with E-state index in [0.29, 0.717) is 31.4 Å². The van der Waals surface area contributed by atoms with Crippen LogP contribution in [0.3, 0.4) is 0 Å². The Hall–Kier alpha value is -1.66. The molecule has 0 spiro atoms. The Morgan fingerprint density at radius 3 is 2.27 bits per heavy atom. The Balaban J connectivity index is 1.75. The Bertz CT molecular complexity index is 996. The number of hydrogen-bond donors (Lipinski definition) is 1. The van der Waals surface area contributed by atoms with Crippen molar-refractivity contribution in [2.75, 3.05) is 6.61 Å². The molecular formula is C24H26Cl4N2O3. The van der Waals surface area contributed by atoms with Crippen molar-refractivity contribution in [3.63, 3.8) is 0 Å². The minimum Gasteiger partial charge on any atom is -0.482 e. The highest BCUT2D eigenvalue weighted by Gasteiger charge is 2.29. The molecule has 3 rings (SSSR count). The average molecular weight is 532 g/mol. The fourth-order valence-electron chi connectivity index (χ4n) is 3.80. The Labute approximate surface area is 214 Å². The number of benzene rings is 2. The predicted molar refractivity (Wildman–Crippen MR) is 133 cm³/mol. The minimum absolute atomic E-state index is 0.131. The number of ether oxygens (including phenoxy) is 1. The topological polar surface area (TPSA) is 58.6 Å². The Morgan fingerprint density at radius 2 is 1.64 bits per heavy atom.